The van der Waals surface area contributed by atoms with E-state index in [1.807, 2.05) is 59.5 Å². The molecule has 0 bridgehead atoms. The highest BCUT2D eigenvalue weighted by molar-refractivity contribution is 6.30. The Balaban J connectivity index is 1.51. The highest BCUT2D eigenvalue weighted by Gasteiger charge is 2.70. The number of carbonyl (C=O) groups excluding carboxylic acids is 3. The number of carbonyl (C=O) groups is 3. The Morgan fingerprint density at radius 2 is 1.50 bits per heavy atom. The molecule has 1 spiro atoms. The number of ketones is 2. The number of halogens is 1. The van der Waals surface area contributed by atoms with Gasteiger partial charge in [0.2, 0.25) is 5.91 Å². The summed E-state index contributed by atoms with van der Waals surface area (Å²) >= 11 is 6.14. The lowest BCUT2D eigenvalue weighted by molar-refractivity contribution is -0.384. The normalized spacial score (nSPS) is 23.2. The van der Waals surface area contributed by atoms with Crippen LogP contribution in [0.5, 0.6) is 0 Å². The van der Waals surface area contributed by atoms with E-state index in [0.717, 1.165) is 5.56 Å². The van der Waals surface area contributed by atoms with Gasteiger partial charge in [-0.2, -0.15) is 0 Å². The second-order valence-corrected chi connectivity index (χ2v) is 11.0. The molecule has 0 saturated carbocycles. The van der Waals surface area contributed by atoms with Crippen molar-refractivity contribution in [1.82, 2.24) is 0 Å². The lowest BCUT2D eigenvalue weighted by Crippen LogP contribution is -2.51. The molecule has 42 heavy (non-hydrogen) atoms. The van der Waals surface area contributed by atoms with E-state index in [-0.39, 0.29) is 22.9 Å². The number of nitrogens with one attached hydrogen (secondary N) is 1. The molecule has 8 nitrogen and oxygen atoms in total. The van der Waals surface area contributed by atoms with E-state index >= 15 is 0 Å². The fraction of sp³-hybridized carbons (Fsp3) is 0.121. The molecular formula is C33H22ClN3O5. The van der Waals surface area contributed by atoms with Gasteiger partial charge in [-0.1, -0.05) is 60.2 Å². The number of para-hydroxylation sites is 2. The van der Waals surface area contributed by atoms with Crippen LogP contribution >= 0.6 is 11.6 Å². The summed E-state index contributed by atoms with van der Waals surface area (Å²) in [5.74, 6) is -2.31. The third-order valence-corrected chi connectivity index (χ3v) is 8.84. The van der Waals surface area contributed by atoms with Crippen molar-refractivity contribution in [2.75, 3.05) is 10.2 Å². The van der Waals surface area contributed by atoms with E-state index in [4.69, 9.17) is 11.6 Å². The summed E-state index contributed by atoms with van der Waals surface area (Å²) in [7, 11) is 0. The van der Waals surface area contributed by atoms with Crippen molar-refractivity contribution in [2.24, 2.45) is 5.92 Å². The van der Waals surface area contributed by atoms with Gasteiger partial charge in [-0.05, 0) is 59.7 Å². The molecule has 4 aromatic carbocycles. The highest BCUT2D eigenvalue weighted by atomic mass is 35.5. The highest BCUT2D eigenvalue weighted by Crippen LogP contribution is 2.58. The summed E-state index contributed by atoms with van der Waals surface area (Å²) < 4.78 is 0. The Morgan fingerprint density at radius 1 is 0.857 bits per heavy atom. The molecule has 1 saturated heterocycles. The number of nitro groups is 1. The van der Waals surface area contributed by atoms with Gasteiger partial charge in [0, 0.05) is 39.7 Å². The van der Waals surface area contributed by atoms with Crippen LogP contribution in [0.4, 0.5) is 17.1 Å². The SMILES string of the molecule is O=C(c1ccc([N+](=O)[O-])cc1)[C@@H]1[C@@H](C(=O)c2ccc(Cl)cc2)[C@]2(C(=O)Nc3ccccc32)[C@H]2C=Cc3ccccc3N12. The number of hydrogen-bond donors (Lipinski definition) is 1. The monoisotopic (exact) mass is 575 g/mol. The zero-order valence-electron chi connectivity index (χ0n) is 21.9. The van der Waals surface area contributed by atoms with Gasteiger partial charge in [-0.3, -0.25) is 24.5 Å². The Hall–Kier alpha value is -5.08. The molecular weight excluding hydrogens is 554 g/mol. The Morgan fingerprint density at radius 3 is 2.24 bits per heavy atom. The molecule has 0 aliphatic carbocycles. The first-order valence-electron chi connectivity index (χ1n) is 13.4. The third-order valence-electron chi connectivity index (χ3n) is 8.58. The number of non-ortho nitro benzene ring substituents is 1. The number of nitrogens with zero attached hydrogens (tertiary/aromatic N) is 2. The van der Waals surface area contributed by atoms with Crippen LogP contribution in [-0.2, 0) is 10.2 Å². The van der Waals surface area contributed by atoms with Crippen LogP contribution in [0.15, 0.2) is 103 Å². The van der Waals surface area contributed by atoms with Gasteiger partial charge in [-0.25, -0.2) is 0 Å². The van der Waals surface area contributed by atoms with E-state index in [2.05, 4.69) is 5.32 Å². The van der Waals surface area contributed by atoms with Crippen LogP contribution < -0.4 is 10.2 Å². The summed E-state index contributed by atoms with van der Waals surface area (Å²) in [5, 5.41) is 14.8. The summed E-state index contributed by atoms with van der Waals surface area (Å²) in [5.41, 5.74) is 1.71. The maximum Gasteiger partial charge on any atom is 0.269 e. The molecule has 4 aromatic rings. The fourth-order valence-electron chi connectivity index (χ4n) is 6.83. The second kappa shape index (κ2) is 9.49. The summed E-state index contributed by atoms with van der Waals surface area (Å²) in [6.45, 7) is 0. The minimum Gasteiger partial charge on any atom is -0.352 e. The van der Waals surface area contributed by atoms with E-state index in [1.165, 1.54) is 24.3 Å². The molecule has 7 rings (SSSR count). The van der Waals surface area contributed by atoms with Crippen molar-refractivity contribution >= 4 is 52.2 Å². The third kappa shape index (κ3) is 3.58. The van der Waals surface area contributed by atoms with Crippen molar-refractivity contribution in [2.45, 2.75) is 17.5 Å². The molecule has 9 heteroatoms. The molecule has 4 atom stereocenters. The molecule has 3 heterocycles. The van der Waals surface area contributed by atoms with E-state index in [9.17, 15) is 24.5 Å². The van der Waals surface area contributed by atoms with Crippen LogP contribution in [0, 0.1) is 16.0 Å². The van der Waals surface area contributed by atoms with Crippen molar-refractivity contribution < 1.29 is 19.3 Å². The minimum atomic E-state index is -1.45. The predicted molar refractivity (Wildman–Crippen MR) is 159 cm³/mol. The fourth-order valence-corrected chi connectivity index (χ4v) is 6.96. The average Bonchev–Trinajstić information content (AvgIpc) is 3.49. The van der Waals surface area contributed by atoms with Gasteiger partial charge in [0.25, 0.3) is 5.69 Å². The molecule has 0 aromatic heterocycles. The standard InChI is InChI=1S/C33H22ClN3O5/c34-22-14-9-20(10-15-22)30(38)28-29(31(39)21-11-16-23(17-12-21)37(41)42)36-26-8-4-1-5-19(26)13-18-27(36)33(28)24-6-2-3-7-25(24)35-32(33)40/h1-18,27-29H,(H,35,40)/t27-,28+,29+,33-/m1/s1. The average molecular weight is 576 g/mol. The largest absolute Gasteiger partial charge is 0.352 e. The molecule has 3 aliphatic heterocycles. The lowest BCUT2D eigenvalue weighted by Gasteiger charge is -2.37. The van der Waals surface area contributed by atoms with Gasteiger partial charge in [0.1, 0.15) is 11.5 Å². The van der Waals surface area contributed by atoms with Crippen LogP contribution in [0.2, 0.25) is 5.02 Å². The van der Waals surface area contributed by atoms with Gasteiger partial charge in [-0.15, -0.1) is 0 Å². The lowest BCUT2D eigenvalue weighted by atomic mass is 9.64. The van der Waals surface area contributed by atoms with Gasteiger partial charge < -0.3 is 10.2 Å². The number of anilines is 2. The first-order chi connectivity index (χ1) is 20.3. The maximum atomic E-state index is 14.7. The van der Waals surface area contributed by atoms with Crippen molar-refractivity contribution in [3.63, 3.8) is 0 Å². The molecule has 1 N–H and O–H groups in total. The molecule has 3 aliphatic rings. The van der Waals surface area contributed by atoms with Crippen LogP contribution in [0.3, 0.4) is 0 Å². The number of Topliss-reactive ketones (excluding diaryl/α,β-unsaturated/α-hetero) is 2. The summed E-state index contributed by atoms with van der Waals surface area (Å²) in [4.78, 5) is 56.3. The predicted octanol–water partition coefficient (Wildman–Crippen LogP) is 6.10. The van der Waals surface area contributed by atoms with E-state index < -0.39 is 34.1 Å². The van der Waals surface area contributed by atoms with Crippen LogP contribution in [-0.4, -0.2) is 34.5 Å². The number of nitro benzene ring substituents is 1. The number of rotatable bonds is 5. The first kappa shape index (κ1) is 25.9. The Bertz CT molecular complexity index is 1840. The topological polar surface area (TPSA) is 110 Å². The van der Waals surface area contributed by atoms with E-state index in [1.54, 1.807) is 30.3 Å². The summed E-state index contributed by atoms with van der Waals surface area (Å²) in [6.07, 6.45) is 3.82. The Labute approximate surface area is 245 Å². The van der Waals surface area contributed by atoms with Gasteiger partial charge in [0.15, 0.2) is 11.6 Å². The smallest absolute Gasteiger partial charge is 0.269 e. The number of amides is 1. The molecule has 206 valence electrons. The summed E-state index contributed by atoms with van der Waals surface area (Å²) in [6, 6.07) is 24.8. The number of hydrogen-bond acceptors (Lipinski definition) is 6. The number of benzene rings is 4. The van der Waals surface area contributed by atoms with E-state index in [0.29, 0.717) is 27.5 Å². The number of fused-ring (bicyclic) bond motifs is 6. The first-order valence-corrected chi connectivity index (χ1v) is 13.7. The quantitative estimate of drug-likeness (QED) is 0.175. The van der Waals surface area contributed by atoms with Crippen LogP contribution in [0.1, 0.15) is 31.8 Å². The zero-order chi connectivity index (χ0) is 29.2. The van der Waals surface area contributed by atoms with Gasteiger partial charge >= 0.3 is 0 Å². The second-order valence-electron chi connectivity index (χ2n) is 10.6. The Kier molecular flexibility index (Phi) is 5.85. The van der Waals surface area contributed by atoms with Crippen molar-refractivity contribution in [3.8, 4) is 0 Å². The maximum absolute atomic E-state index is 14.7. The molecule has 1 fully saturated rings. The minimum absolute atomic E-state index is 0.156. The van der Waals surface area contributed by atoms with Crippen molar-refractivity contribution in [3.05, 3.63) is 141 Å². The zero-order valence-corrected chi connectivity index (χ0v) is 22.7. The molecule has 0 unspecified atom stereocenters. The van der Waals surface area contributed by atoms with Gasteiger partial charge in [0.05, 0.1) is 16.9 Å². The molecule has 1 amide bonds. The van der Waals surface area contributed by atoms with Crippen molar-refractivity contribution in [1.29, 1.82) is 0 Å². The van der Waals surface area contributed by atoms with Crippen LogP contribution in [0.25, 0.3) is 6.08 Å². The molecule has 0 radical (unpaired) electrons.